The minimum atomic E-state index is -1.62. The molecule has 0 aromatic carbocycles. The van der Waals surface area contributed by atoms with Gasteiger partial charge in [-0.25, -0.2) is 0 Å². The maximum Gasteiger partial charge on any atom is 0.156 e. The lowest BCUT2D eigenvalue weighted by atomic mass is 9.67. The highest BCUT2D eigenvalue weighted by atomic mass is 16.3. The van der Waals surface area contributed by atoms with Crippen molar-refractivity contribution in [3.63, 3.8) is 0 Å². The Morgan fingerprint density at radius 3 is 3.15 bits per heavy atom. The largest absolute Gasteiger partial charge is 0.392 e. The molecule has 0 saturated heterocycles. The van der Waals surface area contributed by atoms with Crippen LogP contribution in [0.2, 0.25) is 0 Å². The molecular weight excluding hydrogens is 165 g/mol. The van der Waals surface area contributed by atoms with E-state index in [2.05, 4.69) is 11.0 Å². The number of rotatable bonds is 0. The maximum absolute atomic E-state index is 11.4. The Morgan fingerprint density at radius 1 is 1.77 bits per heavy atom. The van der Waals surface area contributed by atoms with Gasteiger partial charge in [0, 0.05) is 19.0 Å². The van der Waals surface area contributed by atoms with E-state index in [1.807, 2.05) is 7.05 Å². The van der Waals surface area contributed by atoms with Crippen LogP contribution >= 0.6 is 0 Å². The average molecular weight is 177 g/mol. The quantitative estimate of drug-likeness (QED) is 0.398. The molecule has 4 heteroatoms. The van der Waals surface area contributed by atoms with Crippen LogP contribution < -0.4 is 0 Å². The summed E-state index contributed by atoms with van der Waals surface area (Å²) in [7, 11) is 7.44. The molecule has 0 aromatic heterocycles. The summed E-state index contributed by atoms with van der Waals surface area (Å²) in [5.74, 6) is -0.247. The lowest BCUT2D eigenvalue weighted by Gasteiger charge is -2.35. The third-order valence-electron chi connectivity index (χ3n) is 2.94. The first-order valence-electron chi connectivity index (χ1n) is 4.44. The van der Waals surface area contributed by atoms with Gasteiger partial charge < -0.3 is 5.11 Å². The number of aliphatic hydroxyl groups is 1. The van der Waals surface area contributed by atoms with Crippen molar-refractivity contribution in [1.29, 1.82) is 0 Å². The van der Waals surface area contributed by atoms with Gasteiger partial charge in [0.1, 0.15) is 7.85 Å². The Balaban J connectivity index is 2.23. The molecule has 0 spiro atoms. The van der Waals surface area contributed by atoms with E-state index >= 15 is 0 Å². The molecule has 1 heterocycles. The summed E-state index contributed by atoms with van der Waals surface area (Å²) in [6.07, 6.45) is 2.69. The lowest BCUT2D eigenvalue weighted by molar-refractivity contribution is -0.132. The Labute approximate surface area is 78.8 Å². The SMILES string of the molecule is [B]C1(O)CC2=CCN(C)C2CC1=O. The number of ketones is 1. The summed E-state index contributed by atoms with van der Waals surface area (Å²) in [6, 6.07) is 0.177. The zero-order chi connectivity index (χ0) is 9.64. The van der Waals surface area contributed by atoms with Gasteiger partial charge in [0.2, 0.25) is 0 Å². The fraction of sp³-hybridized carbons (Fsp3) is 0.667. The van der Waals surface area contributed by atoms with Crippen LogP contribution in [0.15, 0.2) is 11.6 Å². The number of hydrogen-bond acceptors (Lipinski definition) is 3. The molecule has 1 aliphatic heterocycles. The van der Waals surface area contributed by atoms with Crippen LogP contribution in [0, 0.1) is 0 Å². The van der Waals surface area contributed by atoms with Crippen molar-refractivity contribution in [3.05, 3.63) is 11.6 Å². The summed E-state index contributed by atoms with van der Waals surface area (Å²) in [5, 5.41) is 9.55. The van der Waals surface area contributed by atoms with Gasteiger partial charge in [0.25, 0.3) is 0 Å². The average Bonchev–Trinajstić information content (AvgIpc) is 2.34. The van der Waals surface area contributed by atoms with Crippen LogP contribution in [0.4, 0.5) is 0 Å². The first-order valence-corrected chi connectivity index (χ1v) is 4.44. The summed E-state index contributed by atoms with van der Waals surface area (Å²) in [5.41, 5.74) is -0.514. The summed E-state index contributed by atoms with van der Waals surface area (Å²) in [6.45, 7) is 0.851. The Hall–Kier alpha value is -0.605. The fourth-order valence-corrected chi connectivity index (χ4v) is 2.05. The Bertz CT molecular complexity index is 285. The van der Waals surface area contributed by atoms with Crippen molar-refractivity contribution in [2.24, 2.45) is 0 Å². The van der Waals surface area contributed by atoms with Gasteiger partial charge in [0.05, 0.1) is 5.50 Å². The summed E-state index contributed by atoms with van der Waals surface area (Å²) >= 11 is 0. The number of Topliss-reactive ketones (excluding diaryl/α,β-unsaturated/α-hetero) is 1. The number of carbonyl (C=O) groups is 1. The summed E-state index contributed by atoms with van der Waals surface area (Å²) in [4.78, 5) is 13.5. The van der Waals surface area contributed by atoms with Crippen LogP contribution in [0.3, 0.4) is 0 Å². The molecule has 1 saturated carbocycles. The van der Waals surface area contributed by atoms with Crippen molar-refractivity contribution in [3.8, 4) is 0 Å². The molecule has 1 N–H and O–H groups in total. The second-order valence-electron chi connectivity index (χ2n) is 3.96. The van der Waals surface area contributed by atoms with E-state index in [0.29, 0.717) is 12.8 Å². The maximum atomic E-state index is 11.4. The molecule has 0 bridgehead atoms. The first-order chi connectivity index (χ1) is 6.00. The number of likely N-dealkylation sites (N-methyl/N-ethyl adjacent to an activating group) is 1. The highest BCUT2D eigenvalue weighted by Gasteiger charge is 2.41. The molecule has 1 aliphatic carbocycles. The van der Waals surface area contributed by atoms with E-state index in [1.165, 1.54) is 0 Å². The molecule has 2 unspecified atom stereocenters. The fourth-order valence-electron chi connectivity index (χ4n) is 2.05. The molecule has 0 amide bonds. The van der Waals surface area contributed by atoms with Crippen LogP contribution in [0.1, 0.15) is 12.8 Å². The van der Waals surface area contributed by atoms with Crippen molar-refractivity contribution in [2.45, 2.75) is 24.4 Å². The zero-order valence-electron chi connectivity index (χ0n) is 7.66. The number of nitrogens with zero attached hydrogens (tertiary/aromatic N) is 1. The third kappa shape index (κ3) is 1.34. The van der Waals surface area contributed by atoms with Crippen LogP contribution in [-0.4, -0.2) is 48.8 Å². The molecule has 2 aliphatic rings. The molecule has 68 valence electrons. The van der Waals surface area contributed by atoms with Gasteiger partial charge in [-0.05, 0) is 13.5 Å². The molecule has 3 nitrogen and oxygen atoms in total. The molecule has 2 atom stereocenters. The summed E-state index contributed by atoms with van der Waals surface area (Å²) < 4.78 is 0. The highest BCUT2D eigenvalue weighted by Crippen LogP contribution is 2.33. The van der Waals surface area contributed by atoms with Crippen molar-refractivity contribution in [1.82, 2.24) is 4.90 Å². The van der Waals surface area contributed by atoms with E-state index in [9.17, 15) is 9.90 Å². The minimum Gasteiger partial charge on any atom is -0.392 e. The minimum absolute atomic E-state index is 0.177. The van der Waals surface area contributed by atoms with Gasteiger partial charge in [0.15, 0.2) is 5.78 Å². The smallest absolute Gasteiger partial charge is 0.156 e. The van der Waals surface area contributed by atoms with Gasteiger partial charge in [-0.1, -0.05) is 11.6 Å². The molecular formula is C9H12BNO2. The van der Waals surface area contributed by atoms with Gasteiger partial charge in [-0.15, -0.1) is 0 Å². The molecule has 2 rings (SSSR count). The van der Waals surface area contributed by atoms with Crippen molar-refractivity contribution in [2.75, 3.05) is 13.6 Å². The van der Waals surface area contributed by atoms with E-state index in [-0.39, 0.29) is 11.8 Å². The number of hydrogen-bond donors (Lipinski definition) is 1. The Kier molecular flexibility index (Phi) is 1.86. The second-order valence-corrected chi connectivity index (χ2v) is 3.96. The predicted octanol–water partition coefficient (Wildman–Crippen LogP) is -0.553. The van der Waals surface area contributed by atoms with Gasteiger partial charge in [-0.2, -0.15) is 0 Å². The van der Waals surface area contributed by atoms with E-state index in [0.717, 1.165) is 12.1 Å². The lowest BCUT2D eigenvalue weighted by Crippen LogP contribution is -2.48. The molecule has 1 fully saturated rings. The number of carbonyl (C=O) groups excluding carboxylic acids is 1. The molecule has 13 heavy (non-hydrogen) atoms. The zero-order valence-corrected chi connectivity index (χ0v) is 7.66. The number of fused-ring (bicyclic) bond motifs is 1. The van der Waals surface area contributed by atoms with Crippen LogP contribution in [0.5, 0.6) is 0 Å². The monoisotopic (exact) mass is 177 g/mol. The first kappa shape index (κ1) is 8.97. The van der Waals surface area contributed by atoms with Crippen molar-refractivity contribution < 1.29 is 9.90 Å². The molecule has 0 aromatic rings. The Morgan fingerprint density at radius 2 is 2.46 bits per heavy atom. The van der Waals surface area contributed by atoms with Gasteiger partial charge >= 0.3 is 0 Å². The van der Waals surface area contributed by atoms with E-state index < -0.39 is 5.50 Å². The van der Waals surface area contributed by atoms with Gasteiger partial charge in [-0.3, -0.25) is 9.69 Å². The highest BCUT2D eigenvalue weighted by molar-refractivity contribution is 6.28. The standard InChI is InChI=1S/C9H12BNO2/c1-11-3-2-6-5-9(10,13)8(12)4-7(6)11/h2,7,13H,3-5H2,1H3. The van der Waals surface area contributed by atoms with Crippen molar-refractivity contribution >= 4 is 13.6 Å². The predicted molar refractivity (Wildman–Crippen MR) is 49.4 cm³/mol. The molecule has 2 radical (unpaired) electrons. The second kappa shape index (κ2) is 2.69. The topological polar surface area (TPSA) is 40.5 Å². The third-order valence-corrected chi connectivity index (χ3v) is 2.94. The normalized spacial score (nSPS) is 40.3. The van der Waals surface area contributed by atoms with Crippen LogP contribution in [-0.2, 0) is 4.79 Å². The van der Waals surface area contributed by atoms with Crippen LogP contribution in [0.25, 0.3) is 0 Å². The van der Waals surface area contributed by atoms with E-state index in [1.54, 1.807) is 0 Å². The van der Waals surface area contributed by atoms with E-state index in [4.69, 9.17) is 7.85 Å².